The van der Waals surface area contributed by atoms with Crippen LogP contribution in [0.3, 0.4) is 0 Å². The number of amides is 2. The number of nitrogens with two attached hydrogens (primary N) is 1. The normalized spacial score (nSPS) is 19.0. The molecule has 5 rings (SSSR count). The average Bonchev–Trinajstić information content (AvgIpc) is 3.56. The summed E-state index contributed by atoms with van der Waals surface area (Å²) >= 11 is 4.86. The predicted octanol–water partition coefficient (Wildman–Crippen LogP) is 1.30. The summed E-state index contributed by atoms with van der Waals surface area (Å²) in [7, 11) is 1.93. The zero-order valence-corrected chi connectivity index (χ0v) is 23.7. The molecule has 2 aliphatic rings. The van der Waals surface area contributed by atoms with E-state index in [1.807, 2.05) is 41.5 Å². The average molecular weight is 606 g/mol. The van der Waals surface area contributed by atoms with Gasteiger partial charge in [0.15, 0.2) is 21.9 Å². The number of aryl methyl sites for hydroxylation is 1. The number of nitrogens with one attached hydrogen (secondary N) is 1. The largest absolute Gasteiger partial charge is 0.477 e. The van der Waals surface area contributed by atoms with Gasteiger partial charge in [-0.2, -0.15) is 9.36 Å². The molecule has 202 valence electrons. The highest BCUT2D eigenvalue weighted by Gasteiger charge is 2.54. The Balaban J connectivity index is 1.32. The molecule has 3 aromatic rings. The van der Waals surface area contributed by atoms with E-state index < -0.39 is 29.2 Å². The standard InChI is InChI=1S/C22H20N8O5S4/c1-3-35-27-13(16-26-21(23)39-28-16)17(31)25-14-18(32)30-15(20(33)34)12(9-36-19(14)30)38-22-24-11(8-37-22)10-4-6-29(2)7-5-10/h4-8,14,19H,3,9H2,1-2H3,(H3-,23,25,26,28,31,33,34)/p+1/b27-13+/t14-,19?/m1/s1. The predicted molar refractivity (Wildman–Crippen MR) is 147 cm³/mol. The number of thioether (sulfide) groups is 2. The van der Waals surface area contributed by atoms with Gasteiger partial charge in [0.05, 0.1) is 5.69 Å². The lowest BCUT2D eigenvalue weighted by Crippen LogP contribution is -2.71. The summed E-state index contributed by atoms with van der Waals surface area (Å²) in [5, 5.41) is 17.8. The van der Waals surface area contributed by atoms with E-state index in [1.54, 1.807) is 6.92 Å². The first-order chi connectivity index (χ1) is 18.8. The maximum Gasteiger partial charge on any atom is 0.353 e. The van der Waals surface area contributed by atoms with E-state index in [0.29, 0.717) is 15.0 Å². The second kappa shape index (κ2) is 11.3. The zero-order valence-electron chi connectivity index (χ0n) is 20.4. The molecule has 2 atom stereocenters. The molecule has 2 amide bonds. The number of oxime groups is 1. The van der Waals surface area contributed by atoms with Crippen molar-refractivity contribution in [3.63, 3.8) is 0 Å². The summed E-state index contributed by atoms with van der Waals surface area (Å²) < 4.78 is 6.57. The summed E-state index contributed by atoms with van der Waals surface area (Å²) in [6.45, 7) is 1.89. The van der Waals surface area contributed by atoms with Crippen LogP contribution in [-0.2, 0) is 26.3 Å². The number of β-lactam (4-membered cyclic amide) rings is 1. The van der Waals surface area contributed by atoms with Gasteiger partial charge < -0.3 is 21.0 Å². The third-order valence-electron chi connectivity index (χ3n) is 5.54. The van der Waals surface area contributed by atoms with Crippen LogP contribution < -0.4 is 15.6 Å². The molecule has 3 aromatic heterocycles. The van der Waals surface area contributed by atoms with Crippen LogP contribution in [0.15, 0.2) is 50.0 Å². The van der Waals surface area contributed by atoms with Gasteiger partial charge in [0.25, 0.3) is 11.8 Å². The molecule has 0 bridgehead atoms. The monoisotopic (exact) mass is 605 g/mol. The lowest BCUT2D eigenvalue weighted by molar-refractivity contribution is -0.671. The van der Waals surface area contributed by atoms with Gasteiger partial charge in [-0.15, -0.1) is 23.1 Å². The summed E-state index contributed by atoms with van der Waals surface area (Å²) in [6.07, 6.45) is 3.84. The van der Waals surface area contributed by atoms with Gasteiger partial charge in [-0.25, -0.2) is 14.3 Å². The molecule has 4 N–H and O–H groups in total. The minimum absolute atomic E-state index is 0.0274. The van der Waals surface area contributed by atoms with Crippen LogP contribution in [0.5, 0.6) is 0 Å². The highest BCUT2D eigenvalue weighted by molar-refractivity contribution is 8.07. The highest BCUT2D eigenvalue weighted by atomic mass is 32.2. The molecule has 5 heterocycles. The molecule has 0 aliphatic carbocycles. The van der Waals surface area contributed by atoms with Crippen molar-refractivity contribution >= 4 is 75.0 Å². The number of aromatic nitrogens is 4. The second-order valence-electron chi connectivity index (χ2n) is 8.10. The maximum atomic E-state index is 13.1. The Bertz CT molecular complexity index is 1500. The summed E-state index contributed by atoms with van der Waals surface area (Å²) in [5.41, 5.74) is 7.02. The molecule has 0 radical (unpaired) electrons. The Labute approximate surface area is 238 Å². The quantitative estimate of drug-likeness (QED) is 0.139. The van der Waals surface area contributed by atoms with Crippen LogP contribution in [-0.4, -0.2) is 71.6 Å². The fourth-order valence-corrected chi connectivity index (χ4v) is 7.63. The summed E-state index contributed by atoms with van der Waals surface area (Å²) in [5.74, 6) is -2.21. The fraction of sp³-hybridized carbons (Fsp3) is 0.273. The van der Waals surface area contributed by atoms with Crippen LogP contribution in [0, 0.1) is 0 Å². The smallest absolute Gasteiger partial charge is 0.353 e. The minimum Gasteiger partial charge on any atom is -0.477 e. The van der Waals surface area contributed by atoms with E-state index >= 15 is 0 Å². The van der Waals surface area contributed by atoms with Gasteiger partial charge in [-0.1, -0.05) is 16.9 Å². The zero-order chi connectivity index (χ0) is 27.7. The van der Waals surface area contributed by atoms with Crippen LogP contribution in [0.2, 0.25) is 0 Å². The van der Waals surface area contributed by atoms with Gasteiger partial charge in [0.1, 0.15) is 30.8 Å². The van der Waals surface area contributed by atoms with E-state index in [1.165, 1.54) is 39.8 Å². The van der Waals surface area contributed by atoms with E-state index in [2.05, 4.69) is 24.8 Å². The molecule has 2 aliphatic heterocycles. The lowest BCUT2D eigenvalue weighted by Gasteiger charge is -2.49. The number of hydrogen-bond donors (Lipinski definition) is 3. The van der Waals surface area contributed by atoms with Crippen LogP contribution in [0.4, 0.5) is 5.13 Å². The number of rotatable bonds is 9. The van der Waals surface area contributed by atoms with Crippen molar-refractivity contribution in [2.24, 2.45) is 12.2 Å². The summed E-state index contributed by atoms with van der Waals surface area (Å²) in [4.78, 5) is 53.7. The van der Waals surface area contributed by atoms with Crippen molar-refractivity contribution in [3.05, 3.63) is 46.3 Å². The van der Waals surface area contributed by atoms with Gasteiger partial charge >= 0.3 is 5.97 Å². The van der Waals surface area contributed by atoms with Gasteiger partial charge in [0.2, 0.25) is 11.5 Å². The van der Waals surface area contributed by atoms with E-state index in [9.17, 15) is 19.5 Å². The molecule has 0 spiro atoms. The number of nitrogen functional groups attached to an aromatic ring is 1. The molecule has 13 nitrogen and oxygen atoms in total. The number of aliphatic carboxylic acids is 1. The molecular formula is C22H21N8O5S4+. The minimum atomic E-state index is -1.23. The number of carbonyl (C=O) groups is 3. The van der Waals surface area contributed by atoms with Crippen molar-refractivity contribution in [3.8, 4) is 11.3 Å². The Hall–Kier alpha value is -3.54. The second-order valence-corrected chi connectivity index (χ2v) is 12.2. The van der Waals surface area contributed by atoms with E-state index in [-0.39, 0.29) is 29.0 Å². The van der Waals surface area contributed by atoms with Crippen molar-refractivity contribution < 1.29 is 28.9 Å². The van der Waals surface area contributed by atoms with E-state index in [4.69, 9.17) is 10.6 Å². The third-order valence-corrected chi connectivity index (χ3v) is 9.57. The number of carboxylic acids is 1. The molecule has 1 unspecified atom stereocenters. The Morgan fingerprint density at radius 1 is 1.36 bits per heavy atom. The van der Waals surface area contributed by atoms with Crippen LogP contribution >= 0.6 is 46.4 Å². The SMILES string of the molecule is CCO/N=C(/C(=O)N[C@@H]1C(=O)N2C(C(=O)O)=C(Sc3nc(-c4cc[n+](C)cc4)cs3)CSC12)c1nsc(N)n1. The first-order valence-electron chi connectivity index (χ1n) is 11.4. The number of fused-ring (bicyclic) bond motifs is 1. The Morgan fingerprint density at radius 3 is 2.79 bits per heavy atom. The molecule has 1 saturated heterocycles. The van der Waals surface area contributed by atoms with Gasteiger partial charge in [0, 0.05) is 45.3 Å². The number of carbonyl (C=O) groups excluding carboxylic acids is 2. The molecule has 1 fully saturated rings. The Kier molecular flexibility index (Phi) is 7.83. The third kappa shape index (κ3) is 5.47. The lowest BCUT2D eigenvalue weighted by atomic mass is 10.0. The number of carboxylic acid groups (broad SMARTS) is 1. The van der Waals surface area contributed by atoms with Crippen molar-refractivity contribution in [2.75, 3.05) is 18.1 Å². The molecule has 39 heavy (non-hydrogen) atoms. The molecule has 0 saturated carbocycles. The van der Waals surface area contributed by atoms with Crippen molar-refractivity contribution in [1.29, 1.82) is 0 Å². The van der Waals surface area contributed by atoms with E-state index in [0.717, 1.165) is 22.8 Å². The number of anilines is 1. The molecule has 17 heteroatoms. The first kappa shape index (κ1) is 27.0. The van der Waals surface area contributed by atoms with Crippen molar-refractivity contribution in [2.45, 2.75) is 22.7 Å². The van der Waals surface area contributed by atoms with Crippen molar-refractivity contribution in [1.82, 2.24) is 24.6 Å². The molecular weight excluding hydrogens is 585 g/mol. The highest BCUT2D eigenvalue weighted by Crippen LogP contribution is 2.46. The first-order valence-corrected chi connectivity index (χ1v) is 14.9. The molecule has 0 aromatic carbocycles. The van der Waals surface area contributed by atoms with Gasteiger partial charge in [-0.3, -0.25) is 14.5 Å². The number of thiazole rings is 1. The van der Waals surface area contributed by atoms with Crippen LogP contribution in [0.25, 0.3) is 11.3 Å². The fourth-order valence-electron chi connectivity index (χ4n) is 3.74. The number of nitrogens with zero attached hydrogens (tertiary/aromatic N) is 6. The Morgan fingerprint density at radius 2 is 2.13 bits per heavy atom. The summed E-state index contributed by atoms with van der Waals surface area (Å²) in [6, 6.07) is 2.94. The number of hydrogen-bond acceptors (Lipinski definition) is 13. The maximum absolute atomic E-state index is 13.1. The van der Waals surface area contributed by atoms with Crippen LogP contribution in [0.1, 0.15) is 12.7 Å². The van der Waals surface area contributed by atoms with Gasteiger partial charge in [-0.05, 0) is 6.92 Å². The number of pyridine rings is 1. The topological polar surface area (TPSA) is 177 Å².